The summed E-state index contributed by atoms with van der Waals surface area (Å²) in [5.74, 6) is 2.16. The summed E-state index contributed by atoms with van der Waals surface area (Å²) < 4.78 is 7.90. The number of anilines is 2. The molecule has 1 amide bonds. The molecule has 3 aromatic carbocycles. The van der Waals surface area contributed by atoms with Gasteiger partial charge in [0, 0.05) is 17.1 Å². The lowest BCUT2D eigenvalue weighted by Gasteiger charge is -2.28. The molecule has 2 N–H and O–H groups in total. The molecule has 0 saturated carbocycles. The Kier molecular flexibility index (Phi) is 8.32. The van der Waals surface area contributed by atoms with Crippen LogP contribution in [-0.4, -0.2) is 26.4 Å². The Labute approximate surface area is 233 Å². The number of thioether (sulfide) groups is 1. The summed E-state index contributed by atoms with van der Waals surface area (Å²) >= 11 is 1.64. The normalized spacial score (nSPS) is 14.5. The van der Waals surface area contributed by atoms with Crippen LogP contribution in [0.15, 0.2) is 95.3 Å². The molecule has 1 aliphatic rings. The molecule has 1 atom stereocenters. The number of allylic oxidation sites excluding steroid dienone is 1. The first-order chi connectivity index (χ1) is 19.0. The van der Waals surface area contributed by atoms with E-state index in [1.807, 2.05) is 78.3 Å². The van der Waals surface area contributed by atoms with E-state index in [1.54, 1.807) is 11.8 Å². The number of hydrogen-bond donors (Lipinski definition) is 2. The number of nitrogens with one attached hydrogen (secondary N) is 2. The first-order valence-electron chi connectivity index (χ1n) is 13.2. The van der Waals surface area contributed by atoms with Gasteiger partial charge in [-0.25, -0.2) is 4.68 Å². The third kappa shape index (κ3) is 6.17. The molecular weight excluding hydrogens is 506 g/mol. The van der Waals surface area contributed by atoms with Gasteiger partial charge in [0.1, 0.15) is 18.4 Å². The van der Waals surface area contributed by atoms with Crippen molar-refractivity contribution < 1.29 is 9.53 Å². The fraction of sp³-hybridized carbons (Fsp3) is 0.258. The van der Waals surface area contributed by atoms with Crippen LogP contribution in [0.3, 0.4) is 0 Å². The number of ether oxygens (including phenoxy) is 1. The standard InChI is InChI=1S/C31H33N5O2S/c1-4-5-19-39-31-34-30-32-22(3)27(29(37)33-25-13-7-6-8-14-25)28(36(30)35-31)23-15-17-26(18-16-23)38-20-24-12-10-9-11-21(24)2/h6-18,28H,4-5,19-20H2,1-3H3,(H,33,37)(H,32,34,35). The highest BCUT2D eigenvalue weighted by Gasteiger charge is 2.34. The number of carbonyl (C=O) groups is 1. The number of nitrogens with zero attached hydrogens (tertiary/aromatic N) is 3. The molecular formula is C31H33N5O2S. The first kappa shape index (κ1) is 26.6. The monoisotopic (exact) mass is 539 g/mol. The van der Waals surface area contributed by atoms with Crippen molar-refractivity contribution in [2.24, 2.45) is 0 Å². The van der Waals surface area contributed by atoms with Gasteiger partial charge in [0.25, 0.3) is 5.91 Å². The molecule has 5 rings (SSSR count). The van der Waals surface area contributed by atoms with E-state index in [0.717, 1.165) is 46.9 Å². The zero-order valence-corrected chi connectivity index (χ0v) is 23.3. The van der Waals surface area contributed by atoms with Crippen LogP contribution < -0.4 is 15.4 Å². The summed E-state index contributed by atoms with van der Waals surface area (Å²) in [4.78, 5) is 18.4. The van der Waals surface area contributed by atoms with E-state index < -0.39 is 6.04 Å². The van der Waals surface area contributed by atoms with Gasteiger partial charge >= 0.3 is 0 Å². The van der Waals surface area contributed by atoms with Crippen molar-refractivity contribution in [1.82, 2.24) is 14.8 Å². The minimum Gasteiger partial charge on any atom is -0.489 e. The number of benzene rings is 3. The molecule has 2 heterocycles. The Hall–Kier alpha value is -4.04. The summed E-state index contributed by atoms with van der Waals surface area (Å²) in [6, 6.07) is 25.2. The van der Waals surface area contributed by atoms with Crippen LogP contribution in [0.5, 0.6) is 5.75 Å². The van der Waals surface area contributed by atoms with Crippen LogP contribution in [-0.2, 0) is 11.4 Å². The Balaban J connectivity index is 1.44. The number of aromatic nitrogens is 3. The fourth-order valence-electron chi connectivity index (χ4n) is 4.50. The second-order valence-corrected chi connectivity index (χ2v) is 10.6. The van der Waals surface area contributed by atoms with Gasteiger partial charge < -0.3 is 15.4 Å². The van der Waals surface area contributed by atoms with Gasteiger partial charge in [-0.05, 0) is 61.2 Å². The number of para-hydroxylation sites is 1. The molecule has 1 aromatic heterocycles. The molecule has 0 radical (unpaired) electrons. The van der Waals surface area contributed by atoms with Crippen molar-refractivity contribution in [1.29, 1.82) is 0 Å². The van der Waals surface area contributed by atoms with Gasteiger partial charge in [-0.3, -0.25) is 4.79 Å². The zero-order chi connectivity index (χ0) is 27.2. The Morgan fingerprint density at radius 2 is 1.77 bits per heavy atom. The Morgan fingerprint density at radius 3 is 2.51 bits per heavy atom. The van der Waals surface area contributed by atoms with Crippen LogP contribution in [0.1, 0.15) is 49.4 Å². The zero-order valence-electron chi connectivity index (χ0n) is 22.5. The van der Waals surface area contributed by atoms with Crippen LogP contribution in [0.2, 0.25) is 0 Å². The molecule has 200 valence electrons. The van der Waals surface area contributed by atoms with Gasteiger partial charge in [-0.2, -0.15) is 4.98 Å². The summed E-state index contributed by atoms with van der Waals surface area (Å²) in [5.41, 5.74) is 5.35. The van der Waals surface area contributed by atoms with E-state index in [1.165, 1.54) is 5.56 Å². The van der Waals surface area contributed by atoms with Crippen molar-refractivity contribution in [2.75, 3.05) is 16.4 Å². The lowest BCUT2D eigenvalue weighted by molar-refractivity contribution is -0.113. The largest absolute Gasteiger partial charge is 0.489 e. The average Bonchev–Trinajstić information content (AvgIpc) is 3.35. The lowest BCUT2D eigenvalue weighted by Crippen LogP contribution is -2.31. The number of aryl methyl sites for hydroxylation is 1. The molecule has 1 unspecified atom stereocenters. The van der Waals surface area contributed by atoms with Crippen LogP contribution in [0.25, 0.3) is 0 Å². The van der Waals surface area contributed by atoms with E-state index in [9.17, 15) is 4.79 Å². The van der Waals surface area contributed by atoms with Gasteiger partial charge in [0.05, 0.1) is 5.57 Å². The minimum absolute atomic E-state index is 0.183. The highest BCUT2D eigenvalue weighted by molar-refractivity contribution is 7.99. The van der Waals surface area contributed by atoms with E-state index in [2.05, 4.69) is 36.6 Å². The van der Waals surface area contributed by atoms with E-state index >= 15 is 0 Å². The maximum absolute atomic E-state index is 13.6. The average molecular weight is 540 g/mol. The van der Waals surface area contributed by atoms with Crippen LogP contribution in [0.4, 0.5) is 11.6 Å². The second kappa shape index (κ2) is 12.2. The molecule has 0 saturated heterocycles. The van der Waals surface area contributed by atoms with E-state index in [4.69, 9.17) is 14.8 Å². The maximum atomic E-state index is 13.6. The Bertz CT molecular complexity index is 1460. The van der Waals surface area contributed by atoms with Crippen molar-refractivity contribution in [2.45, 2.75) is 51.4 Å². The summed E-state index contributed by atoms with van der Waals surface area (Å²) in [7, 11) is 0. The third-order valence-corrected chi connectivity index (χ3v) is 7.61. The van der Waals surface area contributed by atoms with E-state index in [-0.39, 0.29) is 5.91 Å². The minimum atomic E-state index is -0.441. The molecule has 0 fully saturated rings. The highest BCUT2D eigenvalue weighted by Crippen LogP contribution is 2.37. The SMILES string of the molecule is CCCCSc1nc2n(n1)C(c1ccc(OCc3ccccc3C)cc1)C(C(=O)Nc1ccccc1)=C(C)N2. The molecule has 0 aliphatic carbocycles. The summed E-state index contributed by atoms with van der Waals surface area (Å²) in [6.07, 6.45) is 2.21. The highest BCUT2D eigenvalue weighted by atomic mass is 32.2. The number of unbranched alkanes of at least 4 members (excludes halogenated alkanes) is 1. The quantitative estimate of drug-likeness (QED) is 0.167. The third-order valence-electron chi connectivity index (χ3n) is 6.69. The molecule has 1 aliphatic heterocycles. The number of fused-ring (bicyclic) bond motifs is 1. The van der Waals surface area contributed by atoms with Crippen molar-refractivity contribution in [3.05, 3.63) is 107 Å². The number of carbonyl (C=O) groups excluding carboxylic acids is 1. The number of rotatable bonds is 10. The van der Waals surface area contributed by atoms with Crippen molar-refractivity contribution in [3.8, 4) is 5.75 Å². The first-order valence-corrected chi connectivity index (χ1v) is 14.2. The van der Waals surface area contributed by atoms with Crippen molar-refractivity contribution in [3.63, 3.8) is 0 Å². The van der Waals surface area contributed by atoms with Crippen LogP contribution >= 0.6 is 11.8 Å². The summed E-state index contributed by atoms with van der Waals surface area (Å²) in [5, 5.41) is 11.9. The van der Waals surface area contributed by atoms with Crippen molar-refractivity contribution >= 4 is 29.3 Å². The molecule has 8 heteroatoms. The van der Waals surface area contributed by atoms with Gasteiger partial charge in [0.15, 0.2) is 0 Å². The smallest absolute Gasteiger partial charge is 0.255 e. The number of amides is 1. The molecule has 39 heavy (non-hydrogen) atoms. The summed E-state index contributed by atoms with van der Waals surface area (Å²) in [6.45, 7) is 6.66. The van der Waals surface area contributed by atoms with Gasteiger partial charge in [-0.15, -0.1) is 5.10 Å². The predicted molar refractivity (Wildman–Crippen MR) is 157 cm³/mol. The lowest BCUT2D eigenvalue weighted by atomic mass is 9.95. The Morgan fingerprint density at radius 1 is 1.03 bits per heavy atom. The topological polar surface area (TPSA) is 81.1 Å². The van der Waals surface area contributed by atoms with Gasteiger partial charge in [0.2, 0.25) is 11.1 Å². The number of hydrogen-bond acceptors (Lipinski definition) is 6. The molecule has 7 nitrogen and oxygen atoms in total. The molecule has 4 aromatic rings. The molecule has 0 spiro atoms. The fourth-order valence-corrected chi connectivity index (χ4v) is 5.41. The van der Waals surface area contributed by atoms with Gasteiger partial charge in [-0.1, -0.05) is 79.7 Å². The van der Waals surface area contributed by atoms with Crippen LogP contribution in [0, 0.1) is 6.92 Å². The maximum Gasteiger partial charge on any atom is 0.255 e. The molecule has 0 bridgehead atoms. The van der Waals surface area contributed by atoms with E-state index in [0.29, 0.717) is 23.3 Å². The predicted octanol–water partition coefficient (Wildman–Crippen LogP) is 6.99. The second-order valence-electron chi connectivity index (χ2n) is 9.54.